The van der Waals surface area contributed by atoms with E-state index >= 15 is 0 Å². The molecule has 0 bridgehead atoms. The lowest BCUT2D eigenvalue weighted by Gasteiger charge is -2.30. The predicted molar refractivity (Wildman–Crippen MR) is 107 cm³/mol. The summed E-state index contributed by atoms with van der Waals surface area (Å²) < 4.78 is 0. The van der Waals surface area contributed by atoms with Gasteiger partial charge in [0.2, 0.25) is 11.8 Å². The second kappa shape index (κ2) is 7.18. The van der Waals surface area contributed by atoms with Crippen LogP contribution >= 0.6 is 0 Å². The van der Waals surface area contributed by atoms with Gasteiger partial charge < -0.3 is 10.2 Å². The molecule has 4 nitrogen and oxygen atoms in total. The largest absolute Gasteiger partial charge is 0.355 e. The Morgan fingerprint density at radius 3 is 2.59 bits per heavy atom. The molecule has 140 valence electrons. The van der Waals surface area contributed by atoms with Crippen LogP contribution in [0.1, 0.15) is 48.8 Å². The average Bonchev–Trinajstić information content (AvgIpc) is 3.04. The third-order valence-corrected chi connectivity index (χ3v) is 5.88. The Morgan fingerprint density at radius 1 is 1.15 bits per heavy atom. The molecule has 4 heteroatoms. The molecule has 1 fully saturated rings. The van der Waals surface area contributed by atoms with Crippen molar-refractivity contribution in [2.24, 2.45) is 5.92 Å². The summed E-state index contributed by atoms with van der Waals surface area (Å²) >= 11 is 0. The van der Waals surface area contributed by atoms with E-state index in [-0.39, 0.29) is 11.8 Å². The molecule has 2 aliphatic rings. The maximum Gasteiger partial charge on any atom is 0.239 e. The maximum absolute atomic E-state index is 12.8. The fraction of sp³-hybridized carbons (Fsp3) is 0.391. The van der Waals surface area contributed by atoms with E-state index in [1.807, 2.05) is 24.3 Å². The number of fused-ring (bicyclic) bond motifs is 1. The highest BCUT2D eigenvalue weighted by atomic mass is 16.2. The Labute approximate surface area is 160 Å². The molecule has 2 aromatic carbocycles. The molecular weight excluding hydrogens is 336 g/mol. The summed E-state index contributed by atoms with van der Waals surface area (Å²) in [6.45, 7) is 5.51. The van der Waals surface area contributed by atoms with Gasteiger partial charge in [0.15, 0.2) is 0 Å². The number of amides is 2. The summed E-state index contributed by atoms with van der Waals surface area (Å²) in [6, 6.07) is 16.4. The Balaban J connectivity index is 1.35. The number of benzene rings is 2. The number of nitrogens with zero attached hydrogens (tertiary/aromatic N) is 1. The Morgan fingerprint density at radius 2 is 1.89 bits per heavy atom. The van der Waals surface area contributed by atoms with Gasteiger partial charge in [-0.3, -0.25) is 9.59 Å². The van der Waals surface area contributed by atoms with Gasteiger partial charge in [-0.2, -0.15) is 0 Å². The summed E-state index contributed by atoms with van der Waals surface area (Å²) in [5, 5.41) is 3.01. The van der Waals surface area contributed by atoms with Crippen LogP contribution in [0.2, 0.25) is 0 Å². The summed E-state index contributed by atoms with van der Waals surface area (Å²) in [5.74, 6) is 0.0550. The fourth-order valence-corrected chi connectivity index (χ4v) is 4.11. The van der Waals surface area contributed by atoms with E-state index in [1.54, 1.807) is 4.90 Å². The van der Waals surface area contributed by atoms with Crippen molar-refractivity contribution in [1.29, 1.82) is 0 Å². The molecule has 0 radical (unpaired) electrons. The second-order valence-corrected chi connectivity index (χ2v) is 7.92. The van der Waals surface area contributed by atoms with Crippen molar-refractivity contribution in [3.8, 4) is 0 Å². The van der Waals surface area contributed by atoms with Crippen LogP contribution in [0.4, 0.5) is 5.69 Å². The first kappa shape index (κ1) is 17.8. The molecule has 1 heterocycles. The molecule has 0 unspecified atom stereocenters. The van der Waals surface area contributed by atoms with E-state index < -0.39 is 5.92 Å². The minimum absolute atomic E-state index is 0.0844. The van der Waals surface area contributed by atoms with Gasteiger partial charge in [0.1, 0.15) is 5.92 Å². The summed E-state index contributed by atoms with van der Waals surface area (Å²) in [4.78, 5) is 27.1. The van der Waals surface area contributed by atoms with Crippen molar-refractivity contribution in [3.63, 3.8) is 0 Å². The number of hydrogen-bond donors (Lipinski definition) is 1. The van der Waals surface area contributed by atoms with E-state index in [0.717, 1.165) is 12.1 Å². The molecule has 4 rings (SSSR count). The van der Waals surface area contributed by atoms with E-state index in [0.29, 0.717) is 31.3 Å². The zero-order valence-corrected chi connectivity index (χ0v) is 15.9. The van der Waals surface area contributed by atoms with Crippen LogP contribution < -0.4 is 10.2 Å². The van der Waals surface area contributed by atoms with E-state index in [1.165, 1.54) is 16.7 Å². The smallest absolute Gasteiger partial charge is 0.239 e. The zero-order valence-electron chi connectivity index (χ0n) is 15.9. The molecule has 2 atom stereocenters. The van der Waals surface area contributed by atoms with Gasteiger partial charge in [-0.1, -0.05) is 50.2 Å². The minimum atomic E-state index is -0.565. The van der Waals surface area contributed by atoms with Gasteiger partial charge in [-0.25, -0.2) is 0 Å². The standard InChI is InChI=1S/C23H26N2O2/c1-15(2)16-7-9-19(10-8-16)25-12-11-21(23(25)27)22(26)24-14-18-13-17-5-3-4-6-20(17)18/h3-10,15,18,21H,11-14H2,1-2H3,(H,24,26)/t18-,21-/m0/s1. The highest BCUT2D eigenvalue weighted by molar-refractivity contribution is 6.09. The number of carbonyl (C=O) groups is 2. The molecule has 0 spiro atoms. The highest BCUT2D eigenvalue weighted by Crippen LogP contribution is 2.34. The van der Waals surface area contributed by atoms with E-state index in [2.05, 4.69) is 43.4 Å². The van der Waals surface area contributed by atoms with Crippen LogP contribution in [0.5, 0.6) is 0 Å². The minimum Gasteiger partial charge on any atom is -0.355 e. The molecule has 0 saturated carbocycles. The van der Waals surface area contributed by atoms with Gasteiger partial charge >= 0.3 is 0 Å². The first-order valence-electron chi connectivity index (χ1n) is 9.81. The third-order valence-electron chi connectivity index (χ3n) is 5.88. The molecule has 2 amide bonds. The Bertz CT molecular complexity index is 857. The summed E-state index contributed by atoms with van der Waals surface area (Å²) in [7, 11) is 0. The molecule has 2 aromatic rings. The van der Waals surface area contributed by atoms with Gasteiger partial charge in [0.25, 0.3) is 0 Å². The second-order valence-electron chi connectivity index (χ2n) is 7.92. The van der Waals surface area contributed by atoms with Gasteiger partial charge in [-0.05, 0) is 47.6 Å². The van der Waals surface area contributed by atoms with Crippen molar-refractivity contribution in [2.75, 3.05) is 18.0 Å². The van der Waals surface area contributed by atoms with Crippen LogP contribution in [-0.2, 0) is 16.0 Å². The van der Waals surface area contributed by atoms with E-state index in [4.69, 9.17) is 0 Å². The van der Waals surface area contributed by atoms with Crippen molar-refractivity contribution in [1.82, 2.24) is 5.32 Å². The van der Waals surface area contributed by atoms with Crippen molar-refractivity contribution >= 4 is 17.5 Å². The average molecular weight is 362 g/mol. The molecule has 1 aliphatic carbocycles. The van der Waals surface area contributed by atoms with Crippen LogP contribution in [0.3, 0.4) is 0 Å². The molecule has 1 aliphatic heterocycles. The molecule has 1 saturated heterocycles. The first-order valence-corrected chi connectivity index (χ1v) is 9.81. The van der Waals surface area contributed by atoms with Crippen LogP contribution in [0.15, 0.2) is 48.5 Å². The van der Waals surface area contributed by atoms with Gasteiger partial charge in [-0.15, -0.1) is 0 Å². The first-order chi connectivity index (χ1) is 13.0. The number of hydrogen-bond acceptors (Lipinski definition) is 2. The third kappa shape index (κ3) is 3.36. The van der Waals surface area contributed by atoms with Crippen molar-refractivity contribution in [3.05, 3.63) is 65.2 Å². The molecule has 0 aromatic heterocycles. The lowest BCUT2D eigenvalue weighted by Crippen LogP contribution is -2.40. The number of anilines is 1. The quantitative estimate of drug-likeness (QED) is 0.826. The maximum atomic E-state index is 12.8. The van der Waals surface area contributed by atoms with Crippen molar-refractivity contribution in [2.45, 2.75) is 38.5 Å². The zero-order chi connectivity index (χ0) is 19.0. The molecule has 1 N–H and O–H groups in total. The van der Waals surface area contributed by atoms with Gasteiger partial charge in [0.05, 0.1) is 0 Å². The Hall–Kier alpha value is -2.62. The normalized spacial score (nSPS) is 21.1. The highest BCUT2D eigenvalue weighted by Gasteiger charge is 2.38. The Kier molecular flexibility index (Phi) is 4.73. The van der Waals surface area contributed by atoms with Crippen LogP contribution in [0.25, 0.3) is 0 Å². The van der Waals surface area contributed by atoms with Crippen molar-refractivity contribution < 1.29 is 9.59 Å². The predicted octanol–water partition coefficient (Wildman–Crippen LogP) is 3.62. The monoisotopic (exact) mass is 362 g/mol. The number of rotatable bonds is 5. The SMILES string of the molecule is CC(C)c1ccc(N2CC[C@@H](C(=O)NC[C@@H]3Cc4ccccc43)C2=O)cc1. The van der Waals surface area contributed by atoms with Crippen LogP contribution in [-0.4, -0.2) is 24.9 Å². The summed E-state index contributed by atoms with van der Waals surface area (Å²) in [5.41, 5.74) is 4.82. The lowest BCUT2D eigenvalue weighted by atomic mass is 9.77. The number of nitrogens with one attached hydrogen (secondary N) is 1. The molecular formula is C23H26N2O2. The number of carbonyl (C=O) groups excluding carboxylic acids is 2. The lowest BCUT2D eigenvalue weighted by molar-refractivity contribution is -0.132. The summed E-state index contributed by atoms with van der Waals surface area (Å²) in [6.07, 6.45) is 1.58. The van der Waals surface area contributed by atoms with Crippen LogP contribution in [0, 0.1) is 5.92 Å². The van der Waals surface area contributed by atoms with E-state index in [9.17, 15) is 9.59 Å². The van der Waals surface area contributed by atoms with Gasteiger partial charge in [0, 0.05) is 24.7 Å². The fourth-order valence-electron chi connectivity index (χ4n) is 4.11. The topological polar surface area (TPSA) is 49.4 Å². The molecule has 27 heavy (non-hydrogen) atoms.